The van der Waals surface area contributed by atoms with Crippen molar-refractivity contribution in [2.45, 2.75) is 4.90 Å². The molecule has 9 heteroatoms. The third-order valence-corrected chi connectivity index (χ3v) is 5.85. The zero-order chi connectivity index (χ0) is 24.7. The highest BCUT2D eigenvalue weighted by atomic mass is 32.2. The normalized spacial score (nSPS) is 12.0. The molecule has 0 bridgehead atoms. The first-order chi connectivity index (χ1) is 16.3. The number of nitrogens with two attached hydrogens (primary N) is 1. The van der Waals surface area contributed by atoms with E-state index in [9.17, 15) is 8.42 Å². The Bertz CT molecular complexity index is 1270. The van der Waals surface area contributed by atoms with Crippen molar-refractivity contribution in [1.29, 1.82) is 0 Å². The molecular weight excluding hydrogens is 456 g/mol. The quantitative estimate of drug-likeness (QED) is 0.458. The molecule has 8 nitrogen and oxygen atoms in total. The van der Waals surface area contributed by atoms with E-state index >= 15 is 0 Å². The molecule has 0 aliphatic carbocycles. The second-order valence-corrected chi connectivity index (χ2v) is 8.62. The van der Waals surface area contributed by atoms with Crippen molar-refractivity contribution < 1.29 is 27.4 Å². The topological polar surface area (TPSA) is 109 Å². The molecule has 0 spiro atoms. The highest BCUT2D eigenvalue weighted by Crippen LogP contribution is 2.38. The van der Waals surface area contributed by atoms with Gasteiger partial charge in [-0.25, -0.2) is 18.5 Å². The van der Waals surface area contributed by atoms with Crippen LogP contribution >= 0.6 is 0 Å². The van der Waals surface area contributed by atoms with Gasteiger partial charge < -0.3 is 18.9 Å². The van der Waals surface area contributed by atoms with E-state index in [1.807, 2.05) is 48.6 Å². The van der Waals surface area contributed by atoms with Gasteiger partial charge in [0, 0.05) is 5.56 Å². The summed E-state index contributed by atoms with van der Waals surface area (Å²) in [6, 6.07) is 17.1. The Morgan fingerprint density at radius 1 is 0.824 bits per heavy atom. The van der Waals surface area contributed by atoms with Crippen LogP contribution in [0.25, 0.3) is 6.08 Å². The number of hydrogen-bond acceptors (Lipinski definition) is 7. The van der Waals surface area contributed by atoms with E-state index in [0.717, 1.165) is 11.1 Å². The number of benzene rings is 3. The van der Waals surface area contributed by atoms with Gasteiger partial charge in [-0.15, -0.1) is 0 Å². The predicted molar refractivity (Wildman–Crippen MR) is 132 cm³/mol. The molecule has 2 N–H and O–H groups in total. The molecule has 0 aromatic heterocycles. The molecule has 34 heavy (non-hydrogen) atoms. The minimum Gasteiger partial charge on any atom is -0.497 e. The first kappa shape index (κ1) is 24.8. The van der Waals surface area contributed by atoms with Gasteiger partial charge in [0.25, 0.3) is 0 Å². The van der Waals surface area contributed by atoms with Gasteiger partial charge in [0.15, 0.2) is 11.5 Å². The number of sulfonamides is 1. The van der Waals surface area contributed by atoms with Crippen LogP contribution in [0.5, 0.6) is 23.0 Å². The van der Waals surface area contributed by atoms with Crippen LogP contribution in [0.15, 0.2) is 76.6 Å². The molecule has 3 aromatic carbocycles. The lowest BCUT2D eigenvalue weighted by Gasteiger charge is -2.13. The van der Waals surface area contributed by atoms with Crippen LogP contribution in [-0.2, 0) is 10.0 Å². The molecule has 0 saturated heterocycles. The van der Waals surface area contributed by atoms with Crippen molar-refractivity contribution in [2.24, 2.45) is 10.1 Å². The summed E-state index contributed by atoms with van der Waals surface area (Å²) in [6.07, 6.45) is 3.71. The van der Waals surface area contributed by atoms with Crippen LogP contribution in [0.1, 0.15) is 11.1 Å². The average molecular weight is 483 g/mol. The average Bonchev–Trinajstić information content (AvgIpc) is 2.85. The van der Waals surface area contributed by atoms with Crippen molar-refractivity contribution in [3.05, 3.63) is 77.9 Å². The molecule has 0 heterocycles. The highest BCUT2D eigenvalue weighted by Gasteiger charge is 2.12. The summed E-state index contributed by atoms with van der Waals surface area (Å²) in [5.41, 5.74) is 2.84. The second-order valence-electron chi connectivity index (χ2n) is 7.06. The van der Waals surface area contributed by atoms with E-state index in [2.05, 4.69) is 0 Å². The van der Waals surface area contributed by atoms with Gasteiger partial charge in [-0.2, -0.15) is 0 Å². The molecule has 0 radical (unpaired) electrons. The summed E-state index contributed by atoms with van der Waals surface area (Å²) in [5, 5.41) is 5.19. The first-order valence-electron chi connectivity index (χ1n) is 10.1. The monoisotopic (exact) mass is 482 g/mol. The minimum atomic E-state index is -3.78. The number of hydrogen-bond donors (Lipinski definition) is 1. The number of methoxy groups -OCH3 is 4. The van der Waals surface area contributed by atoms with E-state index in [1.54, 1.807) is 40.6 Å². The van der Waals surface area contributed by atoms with Crippen LogP contribution in [0, 0.1) is 0 Å². The molecule has 3 aromatic rings. The highest BCUT2D eigenvalue weighted by molar-refractivity contribution is 7.89. The Kier molecular flexibility index (Phi) is 7.93. The van der Waals surface area contributed by atoms with Crippen LogP contribution < -0.4 is 24.1 Å². The molecule has 3 rings (SSSR count). The molecule has 0 atom stereocenters. The zero-order valence-electron chi connectivity index (χ0n) is 19.3. The Balaban J connectivity index is 2.05. The van der Waals surface area contributed by atoms with E-state index in [-0.39, 0.29) is 4.90 Å². The van der Waals surface area contributed by atoms with Crippen molar-refractivity contribution in [2.75, 3.05) is 28.4 Å². The molecule has 0 fully saturated rings. The Morgan fingerprint density at radius 3 is 1.88 bits per heavy atom. The number of allylic oxidation sites excluding steroid dienone is 1. The largest absolute Gasteiger partial charge is 0.497 e. The molecule has 0 unspecified atom stereocenters. The number of primary sulfonamides is 1. The van der Waals surface area contributed by atoms with E-state index in [0.29, 0.717) is 34.4 Å². The SMILES string of the molecule is COc1ccc(C(/C=C/c2cc(OC)c(OC)c(OC)c2)=Nc2ccc(S(N)(=O)=O)cc2)cc1. The maximum atomic E-state index is 11.5. The van der Waals surface area contributed by atoms with Gasteiger partial charge in [-0.1, -0.05) is 6.08 Å². The summed E-state index contributed by atoms with van der Waals surface area (Å²) in [7, 11) is 2.47. The maximum absolute atomic E-state index is 11.5. The van der Waals surface area contributed by atoms with Crippen molar-refractivity contribution in [3.63, 3.8) is 0 Å². The lowest BCUT2D eigenvalue weighted by molar-refractivity contribution is 0.324. The first-order valence-corrected chi connectivity index (χ1v) is 11.7. The molecule has 0 amide bonds. The van der Waals surface area contributed by atoms with E-state index in [1.165, 1.54) is 12.1 Å². The number of rotatable bonds is 9. The van der Waals surface area contributed by atoms with Crippen molar-refractivity contribution >= 4 is 27.5 Å². The lowest BCUT2D eigenvalue weighted by atomic mass is 10.1. The molecular formula is C25H26N2O6S. The minimum absolute atomic E-state index is 0.0189. The number of nitrogens with zero attached hydrogens (tertiary/aromatic N) is 1. The number of ether oxygens (including phenoxy) is 4. The number of aliphatic imine (C=N–C) groups is 1. The van der Waals surface area contributed by atoms with Gasteiger partial charge in [0.05, 0.1) is 44.7 Å². The molecule has 0 aliphatic heterocycles. The van der Waals surface area contributed by atoms with E-state index < -0.39 is 10.0 Å². The van der Waals surface area contributed by atoms with E-state index in [4.69, 9.17) is 29.1 Å². The molecule has 0 aliphatic rings. The van der Waals surface area contributed by atoms with Crippen LogP contribution in [0.3, 0.4) is 0 Å². The summed E-state index contributed by atoms with van der Waals surface area (Å²) in [4.78, 5) is 4.73. The van der Waals surface area contributed by atoms with Gasteiger partial charge in [-0.3, -0.25) is 0 Å². The fourth-order valence-electron chi connectivity index (χ4n) is 3.18. The molecule has 0 saturated carbocycles. The maximum Gasteiger partial charge on any atom is 0.238 e. The summed E-state index contributed by atoms with van der Waals surface area (Å²) in [5.74, 6) is 2.28. The summed E-state index contributed by atoms with van der Waals surface area (Å²) < 4.78 is 44.6. The second kappa shape index (κ2) is 10.9. The summed E-state index contributed by atoms with van der Waals surface area (Å²) in [6.45, 7) is 0. The summed E-state index contributed by atoms with van der Waals surface area (Å²) >= 11 is 0. The standard InChI is InChI=1S/C25H26N2O6S/c1-30-20-10-6-18(7-11-20)22(27-19-8-12-21(13-9-19)34(26,28)29)14-5-17-15-23(31-2)25(33-4)24(16-17)32-3/h5-16H,1-4H3,(H2,26,28,29)/b14-5+,27-22?. The van der Waals surface area contributed by atoms with Gasteiger partial charge >= 0.3 is 0 Å². The Morgan fingerprint density at radius 2 is 1.41 bits per heavy atom. The van der Waals surface area contributed by atoms with Gasteiger partial charge in [-0.05, 0) is 72.3 Å². The smallest absolute Gasteiger partial charge is 0.238 e. The third kappa shape index (κ3) is 5.94. The third-order valence-electron chi connectivity index (χ3n) is 4.92. The van der Waals surface area contributed by atoms with Crippen LogP contribution in [0.2, 0.25) is 0 Å². The lowest BCUT2D eigenvalue weighted by Crippen LogP contribution is -2.11. The Labute approximate surface area is 199 Å². The van der Waals surface area contributed by atoms with Crippen LogP contribution in [0.4, 0.5) is 5.69 Å². The predicted octanol–water partition coefficient (Wildman–Crippen LogP) is 4.20. The van der Waals surface area contributed by atoms with Crippen molar-refractivity contribution in [3.8, 4) is 23.0 Å². The fraction of sp³-hybridized carbons (Fsp3) is 0.160. The van der Waals surface area contributed by atoms with Crippen LogP contribution in [-0.4, -0.2) is 42.6 Å². The Hall–Kier alpha value is -3.82. The molecule has 178 valence electrons. The van der Waals surface area contributed by atoms with Gasteiger partial charge in [0.1, 0.15) is 5.75 Å². The van der Waals surface area contributed by atoms with Crippen molar-refractivity contribution in [1.82, 2.24) is 0 Å². The zero-order valence-corrected chi connectivity index (χ0v) is 20.1. The van der Waals surface area contributed by atoms with Gasteiger partial charge in [0.2, 0.25) is 15.8 Å². The fourth-order valence-corrected chi connectivity index (χ4v) is 3.70.